The number of rotatable bonds is 2. The van der Waals surface area contributed by atoms with E-state index in [1.807, 2.05) is 20.8 Å². The van der Waals surface area contributed by atoms with Gasteiger partial charge in [-0.25, -0.2) is 4.79 Å². The molecule has 0 amide bonds. The molecule has 0 radical (unpaired) electrons. The Morgan fingerprint density at radius 1 is 1.29 bits per heavy atom. The van der Waals surface area contributed by atoms with Gasteiger partial charge in [-0.05, 0) is 55.8 Å². The molecular weight excluding hydrogens is 310 g/mol. The molecule has 2 aromatic rings. The third-order valence-corrected chi connectivity index (χ3v) is 3.54. The number of fused-ring (bicyclic) bond motifs is 1. The molecule has 1 aliphatic heterocycles. The summed E-state index contributed by atoms with van der Waals surface area (Å²) in [7, 11) is 0. The second kappa shape index (κ2) is 5.63. The fourth-order valence-corrected chi connectivity index (χ4v) is 2.57. The second-order valence-corrected chi connectivity index (χ2v) is 6.61. The van der Waals surface area contributed by atoms with E-state index in [-0.39, 0.29) is 5.75 Å². The molecule has 0 bridgehead atoms. The number of anilines is 1. The van der Waals surface area contributed by atoms with E-state index < -0.39 is 17.6 Å². The third kappa shape index (κ3) is 2.94. The number of aromatic hydroxyl groups is 1. The minimum absolute atomic E-state index is 0.143. The summed E-state index contributed by atoms with van der Waals surface area (Å²) >= 11 is 0. The van der Waals surface area contributed by atoms with E-state index in [1.165, 1.54) is 4.68 Å². The van der Waals surface area contributed by atoms with Gasteiger partial charge in [0.25, 0.3) is 0 Å². The topological polar surface area (TPSA) is 102 Å². The number of nitrogens with one attached hydrogen (secondary N) is 1. The zero-order chi connectivity index (χ0) is 17.5. The third-order valence-electron chi connectivity index (χ3n) is 3.54. The lowest BCUT2D eigenvalue weighted by molar-refractivity contribution is -0.150. The van der Waals surface area contributed by atoms with Crippen LogP contribution in [0.5, 0.6) is 5.75 Å². The first kappa shape index (κ1) is 16.0. The lowest BCUT2D eigenvalue weighted by Gasteiger charge is -2.29. The van der Waals surface area contributed by atoms with E-state index in [4.69, 9.17) is 4.74 Å². The van der Waals surface area contributed by atoms with Crippen LogP contribution in [-0.4, -0.2) is 36.9 Å². The average Bonchev–Trinajstić information content (AvgIpc) is 2.92. The number of phenolic OH excluding ortho intramolecular Hbond substituents is 1. The van der Waals surface area contributed by atoms with E-state index in [0.29, 0.717) is 17.2 Å². The predicted molar refractivity (Wildman–Crippen MR) is 86.2 cm³/mol. The van der Waals surface area contributed by atoms with Crippen LogP contribution in [0.3, 0.4) is 0 Å². The molecule has 0 saturated heterocycles. The summed E-state index contributed by atoms with van der Waals surface area (Å²) in [6, 6.07) is 6.04. The summed E-state index contributed by atoms with van der Waals surface area (Å²) in [6.45, 7) is 7.23. The number of benzene rings is 1. The van der Waals surface area contributed by atoms with E-state index in [2.05, 4.69) is 20.8 Å². The monoisotopic (exact) mass is 329 g/mol. The molecule has 24 heavy (non-hydrogen) atoms. The maximum absolute atomic E-state index is 12.8. The van der Waals surface area contributed by atoms with Crippen molar-refractivity contribution in [1.82, 2.24) is 20.2 Å². The van der Waals surface area contributed by atoms with Crippen LogP contribution >= 0.6 is 0 Å². The summed E-state index contributed by atoms with van der Waals surface area (Å²) < 4.78 is 7.07. The van der Waals surface area contributed by atoms with Crippen molar-refractivity contribution in [1.29, 1.82) is 0 Å². The number of esters is 1. The molecule has 0 aliphatic carbocycles. The first-order chi connectivity index (χ1) is 11.3. The summed E-state index contributed by atoms with van der Waals surface area (Å²) in [5.74, 6) is 0.147. The number of aromatic nitrogens is 4. The van der Waals surface area contributed by atoms with E-state index >= 15 is 0 Å². The van der Waals surface area contributed by atoms with Gasteiger partial charge < -0.3 is 15.2 Å². The zero-order valence-electron chi connectivity index (χ0n) is 13.9. The highest BCUT2D eigenvalue weighted by Crippen LogP contribution is 2.35. The number of carbonyl (C=O) groups is 1. The van der Waals surface area contributed by atoms with Gasteiger partial charge in [0.1, 0.15) is 17.4 Å². The van der Waals surface area contributed by atoms with Crippen molar-refractivity contribution in [3.8, 4) is 5.75 Å². The minimum Gasteiger partial charge on any atom is -0.508 e. The van der Waals surface area contributed by atoms with E-state index in [0.717, 1.165) is 5.56 Å². The molecule has 0 saturated carbocycles. The zero-order valence-corrected chi connectivity index (χ0v) is 13.9. The van der Waals surface area contributed by atoms with Gasteiger partial charge in [-0.3, -0.25) is 0 Å². The number of nitrogens with zero attached hydrogens (tertiary/aromatic N) is 4. The molecule has 0 unspecified atom stereocenters. The molecule has 1 atom stereocenters. The highest BCUT2D eigenvalue weighted by molar-refractivity contribution is 5.92. The molecule has 0 fully saturated rings. The Labute approximate surface area is 139 Å². The Morgan fingerprint density at radius 2 is 1.96 bits per heavy atom. The van der Waals surface area contributed by atoms with Crippen molar-refractivity contribution in [2.45, 2.75) is 39.3 Å². The van der Waals surface area contributed by atoms with Gasteiger partial charge in [-0.2, -0.15) is 4.68 Å². The number of tetrazole rings is 1. The molecule has 1 aliphatic rings. The van der Waals surface area contributed by atoms with Crippen LogP contribution in [0.4, 0.5) is 5.95 Å². The number of allylic oxidation sites excluding steroid dienone is 1. The molecule has 2 heterocycles. The van der Waals surface area contributed by atoms with Gasteiger partial charge in [-0.15, -0.1) is 0 Å². The number of ether oxygens (including phenoxy) is 1. The van der Waals surface area contributed by atoms with Crippen LogP contribution in [0.2, 0.25) is 0 Å². The fraction of sp³-hybridized carbons (Fsp3) is 0.375. The summed E-state index contributed by atoms with van der Waals surface area (Å²) in [6.07, 6.45) is 0. The van der Waals surface area contributed by atoms with Crippen molar-refractivity contribution in [2.24, 2.45) is 0 Å². The van der Waals surface area contributed by atoms with Crippen LogP contribution in [0.1, 0.15) is 39.3 Å². The van der Waals surface area contributed by atoms with E-state index in [1.54, 1.807) is 31.2 Å². The lowest BCUT2D eigenvalue weighted by Crippen LogP contribution is -2.33. The Hall–Kier alpha value is -2.90. The lowest BCUT2D eigenvalue weighted by atomic mass is 9.95. The quantitative estimate of drug-likeness (QED) is 0.812. The Bertz CT molecular complexity index is 802. The van der Waals surface area contributed by atoms with Crippen molar-refractivity contribution >= 4 is 11.9 Å². The van der Waals surface area contributed by atoms with Gasteiger partial charge in [-0.1, -0.05) is 17.2 Å². The van der Waals surface area contributed by atoms with Crippen LogP contribution in [0.25, 0.3) is 0 Å². The van der Waals surface area contributed by atoms with Gasteiger partial charge >= 0.3 is 5.97 Å². The molecule has 3 rings (SSSR count). The van der Waals surface area contributed by atoms with Crippen LogP contribution < -0.4 is 5.32 Å². The number of phenols is 1. The first-order valence-corrected chi connectivity index (χ1v) is 7.54. The largest absolute Gasteiger partial charge is 0.508 e. The first-order valence-electron chi connectivity index (χ1n) is 7.54. The maximum atomic E-state index is 12.8. The summed E-state index contributed by atoms with van der Waals surface area (Å²) in [4.78, 5) is 12.8. The molecule has 8 heteroatoms. The Kier molecular flexibility index (Phi) is 3.75. The normalized spacial score (nSPS) is 17.2. The SMILES string of the molecule is CC1=C(C(=O)OC(C)(C)C)[C@H](c2ccc(O)cc2)n2nnnc2N1. The molecule has 1 aromatic heterocycles. The molecular formula is C16H19N5O3. The van der Waals surface area contributed by atoms with Crippen molar-refractivity contribution in [2.75, 3.05) is 5.32 Å². The molecule has 2 N–H and O–H groups in total. The van der Waals surface area contributed by atoms with Gasteiger partial charge in [0.2, 0.25) is 5.95 Å². The van der Waals surface area contributed by atoms with Gasteiger partial charge in [0.15, 0.2) is 0 Å². The van der Waals surface area contributed by atoms with Gasteiger partial charge in [0.05, 0.1) is 5.57 Å². The predicted octanol–water partition coefficient (Wildman–Crippen LogP) is 2.01. The number of hydrogen-bond donors (Lipinski definition) is 2. The van der Waals surface area contributed by atoms with Gasteiger partial charge in [0, 0.05) is 5.70 Å². The van der Waals surface area contributed by atoms with Crippen LogP contribution in [0, 0.1) is 0 Å². The maximum Gasteiger partial charge on any atom is 0.338 e. The highest BCUT2D eigenvalue weighted by atomic mass is 16.6. The number of hydrogen-bond acceptors (Lipinski definition) is 7. The molecule has 126 valence electrons. The standard InChI is InChI=1S/C16H19N5O3/c1-9-12(14(23)24-16(2,3)4)13(10-5-7-11(22)8-6-10)21-15(17-9)18-19-20-21/h5-8,13,22H,1-4H3,(H,17,18,20)/t13-/m0/s1. The Morgan fingerprint density at radius 3 is 2.58 bits per heavy atom. The second-order valence-electron chi connectivity index (χ2n) is 6.61. The summed E-state index contributed by atoms with van der Waals surface area (Å²) in [5.41, 5.74) is 1.20. The minimum atomic E-state index is -0.620. The highest BCUT2D eigenvalue weighted by Gasteiger charge is 2.36. The van der Waals surface area contributed by atoms with Crippen molar-refractivity contribution in [3.05, 3.63) is 41.1 Å². The smallest absolute Gasteiger partial charge is 0.338 e. The van der Waals surface area contributed by atoms with E-state index in [9.17, 15) is 9.90 Å². The molecule has 0 spiro atoms. The molecule has 1 aromatic carbocycles. The molecule has 8 nitrogen and oxygen atoms in total. The number of carbonyl (C=O) groups excluding carboxylic acids is 1. The van der Waals surface area contributed by atoms with Crippen molar-refractivity contribution in [3.63, 3.8) is 0 Å². The summed E-state index contributed by atoms with van der Waals surface area (Å²) in [5, 5.41) is 24.1. The fourth-order valence-electron chi connectivity index (χ4n) is 2.57. The van der Waals surface area contributed by atoms with Crippen LogP contribution in [0.15, 0.2) is 35.5 Å². The average molecular weight is 329 g/mol. The van der Waals surface area contributed by atoms with Crippen molar-refractivity contribution < 1.29 is 14.6 Å². The van der Waals surface area contributed by atoms with Crippen LogP contribution in [-0.2, 0) is 9.53 Å². The Balaban J connectivity index is 2.10.